The summed E-state index contributed by atoms with van der Waals surface area (Å²) < 4.78 is 11.4. The normalized spacial score (nSPS) is 13.8. The summed E-state index contributed by atoms with van der Waals surface area (Å²) in [5.41, 5.74) is 0.181. The molecule has 1 aliphatic heterocycles. The Morgan fingerprint density at radius 3 is 2.23 bits per heavy atom. The summed E-state index contributed by atoms with van der Waals surface area (Å²) in [7, 11) is 0. The molecule has 0 spiro atoms. The maximum absolute atomic E-state index is 12.9. The molecule has 8 nitrogen and oxygen atoms in total. The van der Waals surface area contributed by atoms with E-state index in [4.69, 9.17) is 9.47 Å². The van der Waals surface area contributed by atoms with Crippen LogP contribution in [-0.4, -0.2) is 48.3 Å². The van der Waals surface area contributed by atoms with Crippen molar-refractivity contribution in [3.8, 4) is 11.5 Å². The average Bonchev–Trinajstić information content (AvgIpc) is 3.28. The minimum absolute atomic E-state index is 0.181. The highest BCUT2D eigenvalue weighted by atomic mass is 32.1. The highest BCUT2D eigenvalue weighted by Crippen LogP contribution is 2.34. The Labute approximate surface area is 184 Å². The molecule has 0 N–H and O–H groups in total. The second-order valence-electron chi connectivity index (χ2n) is 6.98. The Balaban J connectivity index is 1.84. The molecule has 0 radical (unpaired) electrons. The number of ether oxygens (including phenoxy) is 2. The summed E-state index contributed by atoms with van der Waals surface area (Å²) in [6, 6.07) is 7.17. The molecule has 4 amide bonds. The molecule has 0 atom stereocenters. The highest BCUT2D eigenvalue weighted by molar-refractivity contribution is 7.14. The van der Waals surface area contributed by atoms with Crippen molar-refractivity contribution in [2.24, 2.45) is 0 Å². The summed E-state index contributed by atoms with van der Waals surface area (Å²) in [4.78, 5) is 53.1. The van der Waals surface area contributed by atoms with E-state index >= 15 is 0 Å². The van der Waals surface area contributed by atoms with Crippen LogP contribution in [0.15, 0.2) is 30.3 Å². The van der Waals surface area contributed by atoms with Gasteiger partial charge in [-0.2, -0.15) is 0 Å². The molecular formula is C22H24N2O6S. The summed E-state index contributed by atoms with van der Waals surface area (Å²) in [6.45, 7) is 6.20. The average molecular weight is 445 g/mol. The number of ketones is 1. The van der Waals surface area contributed by atoms with Crippen molar-refractivity contribution >= 4 is 40.7 Å². The van der Waals surface area contributed by atoms with E-state index in [9.17, 15) is 19.2 Å². The number of rotatable bonds is 10. The van der Waals surface area contributed by atoms with Crippen LogP contribution in [0.2, 0.25) is 0 Å². The molecule has 0 aliphatic carbocycles. The van der Waals surface area contributed by atoms with Gasteiger partial charge in [0, 0.05) is 10.9 Å². The number of hydrogen-bond acceptors (Lipinski definition) is 7. The molecule has 0 bridgehead atoms. The van der Waals surface area contributed by atoms with Gasteiger partial charge in [0.05, 0.1) is 30.3 Å². The van der Waals surface area contributed by atoms with Gasteiger partial charge in [0.15, 0.2) is 17.3 Å². The Morgan fingerprint density at radius 1 is 0.935 bits per heavy atom. The number of amides is 4. The van der Waals surface area contributed by atoms with Crippen LogP contribution in [0.4, 0.5) is 10.5 Å². The van der Waals surface area contributed by atoms with Crippen molar-refractivity contribution in [1.29, 1.82) is 0 Å². The summed E-state index contributed by atoms with van der Waals surface area (Å²) in [5.74, 6) is -1.57. The maximum Gasteiger partial charge on any atom is 0.339 e. The standard InChI is InChI=1S/C22H24N2O6S/c1-4-10-29-17-8-7-15(12-18(17)30-11-5-2)24-21(27)20(26)23(22(24)28)13-16(25)19-9-6-14(3)31-19/h6-9,12H,4-5,10-11,13H2,1-3H3. The molecule has 1 saturated heterocycles. The lowest BCUT2D eigenvalue weighted by atomic mass is 10.2. The van der Waals surface area contributed by atoms with Crippen LogP contribution in [-0.2, 0) is 9.59 Å². The number of hydrogen-bond donors (Lipinski definition) is 0. The van der Waals surface area contributed by atoms with Gasteiger partial charge in [-0.1, -0.05) is 13.8 Å². The van der Waals surface area contributed by atoms with Gasteiger partial charge in [0.2, 0.25) is 0 Å². The number of imide groups is 2. The molecule has 1 aromatic carbocycles. The first-order valence-electron chi connectivity index (χ1n) is 10.1. The van der Waals surface area contributed by atoms with Gasteiger partial charge in [-0.25, -0.2) is 14.6 Å². The molecule has 1 aliphatic rings. The van der Waals surface area contributed by atoms with Gasteiger partial charge in [0.1, 0.15) is 0 Å². The Hall–Kier alpha value is -3.20. The molecule has 164 valence electrons. The van der Waals surface area contributed by atoms with E-state index in [1.807, 2.05) is 20.8 Å². The maximum atomic E-state index is 12.9. The monoisotopic (exact) mass is 444 g/mol. The van der Waals surface area contributed by atoms with Crippen LogP contribution in [0, 0.1) is 6.92 Å². The number of Topliss-reactive ketones (excluding diaryl/α,β-unsaturated/α-hetero) is 1. The third-order valence-corrected chi connectivity index (χ3v) is 5.52. The first-order chi connectivity index (χ1) is 14.9. The number of carbonyl (C=O) groups excluding carboxylic acids is 4. The van der Waals surface area contributed by atoms with Crippen LogP contribution in [0.5, 0.6) is 11.5 Å². The number of benzene rings is 1. The van der Waals surface area contributed by atoms with Gasteiger partial charge in [-0.15, -0.1) is 11.3 Å². The molecule has 2 aromatic rings. The van der Waals surface area contributed by atoms with Crippen LogP contribution in [0.1, 0.15) is 41.2 Å². The zero-order chi connectivity index (χ0) is 22.5. The molecule has 2 heterocycles. The van der Waals surface area contributed by atoms with Gasteiger partial charge in [-0.3, -0.25) is 14.4 Å². The third kappa shape index (κ3) is 4.77. The fourth-order valence-electron chi connectivity index (χ4n) is 2.97. The minimum atomic E-state index is -1.03. The van der Waals surface area contributed by atoms with Gasteiger partial charge >= 0.3 is 17.8 Å². The Kier molecular flexibility index (Phi) is 7.06. The number of aryl methyl sites for hydroxylation is 1. The summed E-state index contributed by atoms with van der Waals surface area (Å²) >= 11 is 1.27. The molecule has 3 rings (SSSR count). The topological polar surface area (TPSA) is 93.2 Å². The van der Waals surface area contributed by atoms with Gasteiger partial charge in [0.25, 0.3) is 0 Å². The lowest BCUT2D eigenvalue weighted by Gasteiger charge is -2.18. The quantitative estimate of drug-likeness (QED) is 0.314. The zero-order valence-corrected chi connectivity index (χ0v) is 18.5. The zero-order valence-electron chi connectivity index (χ0n) is 17.7. The molecular weight excluding hydrogens is 420 g/mol. The lowest BCUT2D eigenvalue weighted by Crippen LogP contribution is -2.36. The fourth-order valence-corrected chi connectivity index (χ4v) is 3.77. The van der Waals surface area contributed by atoms with Crippen molar-refractivity contribution in [1.82, 2.24) is 4.90 Å². The van der Waals surface area contributed by atoms with E-state index in [1.54, 1.807) is 18.2 Å². The Bertz CT molecular complexity index is 1020. The van der Waals surface area contributed by atoms with E-state index in [0.717, 1.165) is 22.6 Å². The first kappa shape index (κ1) is 22.5. The predicted molar refractivity (Wildman–Crippen MR) is 116 cm³/mol. The van der Waals surface area contributed by atoms with E-state index in [-0.39, 0.29) is 5.69 Å². The van der Waals surface area contributed by atoms with E-state index in [1.165, 1.54) is 23.5 Å². The molecule has 31 heavy (non-hydrogen) atoms. The minimum Gasteiger partial charge on any atom is -0.490 e. The lowest BCUT2D eigenvalue weighted by molar-refractivity contribution is -0.139. The SMILES string of the molecule is CCCOc1ccc(N2C(=O)C(=O)N(CC(=O)c3ccc(C)s3)C2=O)cc1OCCC. The third-order valence-electron chi connectivity index (χ3n) is 4.48. The smallest absolute Gasteiger partial charge is 0.339 e. The molecule has 0 unspecified atom stereocenters. The molecule has 9 heteroatoms. The summed E-state index contributed by atoms with van der Waals surface area (Å²) in [5, 5.41) is 0. The number of carbonyl (C=O) groups is 4. The van der Waals surface area contributed by atoms with E-state index < -0.39 is 30.2 Å². The number of nitrogens with zero attached hydrogens (tertiary/aromatic N) is 2. The number of anilines is 1. The van der Waals surface area contributed by atoms with Crippen molar-refractivity contribution in [2.75, 3.05) is 24.7 Å². The predicted octanol–water partition coefficient (Wildman–Crippen LogP) is 3.81. The molecule has 0 saturated carbocycles. The molecule has 1 fully saturated rings. The van der Waals surface area contributed by atoms with Crippen molar-refractivity contribution in [3.63, 3.8) is 0 Å². The molecule has 1 aromatic heterocycles. The van der Waals surface area contributed by atoms with Crippen molar-refractivity contribution in [2.45, 2.75) is 33.6 Å². The largest absolute Gasteiger partial charge is 0.490 e. The van der Waals surface area contributed by atoms with Crippen LogP contribution in [0.3, 0.4) is 0 Å². The second-order valence-corrected chi connectivity index (χ2v) is 8.26. The van der Waals surface area contributed by atoms with Crippen LogP contribution in [0.25, 0.3) is 0 Å². The van der Waals surface area contributed by atoms with E-state index in [2.05, 4.69) is 0 Å². The van der Waals surface area contributed by atoms with Crippen LogP contribution < -0.4 is 14.4 Å². The van der Waals surface area contributed by atoms with Gasteiger partial charge < -0.3 is 9.47 Å². The van der Waals surface area contributed by atoms with Crippen LogP contribution >= 0.6 is 11.3 Å². The van der Waals surface area contributed by atoms with Crippen molar-refractivity contribution in [3.05, 3.63) is 40.1 Å². The number of urea groups is 1. The van der Waals surface area contributed by atoms with E-state index in [0.29, 0.717) is 34.5 Å². The number of thiophene rings is 1. The highest BCUT2D eigenvalue weighted by Gasteiger charge is 2.46. The Morgan fingerprint density at radius 2 is 1.61 bits per heavy atom. The summed E-state index contributed by atoms with van der Waals surface area (Å²) in [6.07, 6.45) is 1.56. The second kappa shape index (κ2) is 9.74. The van der Waals surface area contributed by atoms with Crippen molar-refractivity contribution < 1.29 is 28.7 Å². The first-order valence-corrected chi connectivity index (χ1v) is 10.9. The van der Waals surface area contributed by atoms with Gasteiger partial charge in [-0.05, 0) is 44.0 Å². The fraction of sp³-hybridized carbons (Fsp3) is 0.364.